The van der Waals surface area contributed by atoms with Crippen LogP contribution in [0, 0.1) is 5.92 Å². The predicted octanol–water partition coefficient (Wildman–Crippen LogP) is 3.96. The molecule has 0 spiro atoms. The zero-order valence-corrected chi connectivity index (χ0v) is 11.2. The van der Waals surface area contributed by atoms with Crippen molar-refractivity contribution in [2.45, 2.75) is 12.8 Å². The summed E-state index contributed by atoms with van der Waals surface area (Å²) in [7, 11) is 2.88. The Morgan fingerprint density at radius 2 is 1.12 bits per heavy atom. The molecule has 0 aromatic heterocycles. The monoisotopic (exact) mass is 242 g/mol. The van der Waals surface area contributed by atoms with Gasteiger partial charge in [-0.2, -0.15) is 0 Å². The molecule has 2 aromatic rings. The molecule has 0 N–H and O–H groups in total. The second-order valence-corrected chi connectivity index (χ2v) is 4.95. The summed E-state index contributed by atoms with van der Waals surface area (Å²) in [6.07, 6.45) is 3.49. The summed E-state index contributed by atoms with van der Waals surface area (Å²) in [5.41, 5.74) is 2.88. The molecule has 0 nitrogen and oxygen atoms in total. The Bertz CT molecular complexity index is 380. The van der Waals surface area contributed by atoms with Gasteiger partial charge in [-0.25, -0.2) is 0 Å². The summed E-state index contributed by atoms with van der Waals surface area (Å²) in [4.78, 5) is 0. The van der Waals surface area contributed by atoms with Gasteiger partial charge in [0.15, 0.2) is 0 Å². The summed E-state index contributed by atoms with van der Waals surface area (Å²) in [6, 6.07) is 21.5. The minimum Gasteiger partial charge on any atom is -0.137 e. The Hall–Kier alpha value is -1.13. The van der Waals surface area contributed by atoms with Gasteiger partial charge in [0.2, 0.25) is 0 Å². The Balaban J connectivity index is 1.98. The Kier molecular flexibility index (Phi) is 4.76. The highest BCUT2D eigenvalue weighted by atomic mass is 31.0. The smallest absolute Gasteiger partial charge is 0.0244 e. The van der Waals surface area contributed by atoms with Crippen molar-refractivity contribution in [3.63, 3.8) is 0 Å². The first kappa shape index (κ1) is 12.3. The van der Waals surface area contributed by atoms with Crippen LogP contribution in [0.1, 0.15) is 11.1 Å². The van der Waals surface area contributed by atoms with Crippen LogP contribution < -0.4 is 0 Å². The molecule has 1 atom stereocenters. The molecule has 0 radical (unpaired) electrons. The molecule has 1 heteroatoms. The van der Waals surface area contributed by atoms with Crippen molar-refractivity contribution < 1.29 is 0 Å². The second kappa shape index (κ2) is 6.57. The summed E-state index contributed by atoms with van der Waals surface area (Å²) in [5, 5.41) is 0. The lowest BCUT2D eigenvalue weighted by atomic mass is 9.94. The first-order valence-corrected chi connectivity index (χ1v) is 6.98. The molecule has 0 aliphatic rings. The van der Waals surface area contributed by atoms with Crippen LogP contribution in [-0.4, -0.2) is 6.16 Å². The molecule has 0 saturated carbocycles. The zero-order valence-electron chi connectivity index (χ0n) is 10.0. The van der Waals surface area contributed by atoms with Crippen LogP contribution in [-0.2, 0) is 12.8 Å². The van der Waals surface area contributed by atoms with Gasteiger partial charge in [-0.3, -0.25) is 0 Å². The predicted molar refractivity (Wildman–Crippen MR) is 78.4 cm³/mol. The highest BCUT2D eigenvalue weighted by molar-refractivity contribution is 7.16. The van der Waals surface area contributed by atoms with Gasteiger partial charge in [0.25, 0.3) is 0 Å². The van der Waals surface area contributed by atoms with E-state index in [1.165, 1.54) is 24.0 Å². The van der Waals surface area contributed by atoms with E-state index in [4.69, 9.17) is 0 Å². The third-order valence-electron chi connectivity index (χ3n) is 3.07. The Morgan fingerprint density at radius 1 is 0.706 bits per heavy atom. The minimum absolute atomic E-state index is 0.713. The van der Waals surface area contributed by atoms with Gasteiger partial charge >= 0.3 is 0 Å². The standard InChI is InChI=1S/C16H19P/c17-13-16(11-14-7-3-1-4-8-14)12-15-9-5-2-6-10-15/h1-10,16H,11-13,17H2. The topological polar surface area (TPSA) is 0 Å². The maximum absolute atomic E-state index is 2.88. The molecule has 0 saturated heterocycles. The lowest BCUT2D eigenvalue weighted by Gasteiger charge is -2.14. The lowest BCUT2D eigenvalue weighted by molar-refractivity contribution is 0.587. The molecule has 2 rings (SSSR count). The normalized spacial score (nSPS) is 10.7. The maximum atomic E-state index is 2.88. The summed E-state index contributed by atoms with van der Waals surface area (Å²) >= 11 is 0. The number of rotatable bonds is 5. The van der Waals surface area contributed by atoms with Crippen molar-refractivity contribution in [1.82, 2.24) is 0 Å². The van der Waals surface area contributed by atoms with Gasteiger partial charge in [-0.15, -0.1) is 9.24 Å². The number of benzene rings is 2. The third-order valence-corrected chi connectivity index (χ3v) is 3.73. The molecule has 1 unspecified atom stereocenters. The number of hydrogen-bond acceptors (Lipinski definition) is 0. The van der Waals surface area contributed by atoms with Crippen LogP contribution in [0.2, 0.25) is 0 Å². The SMILES string of the molecule is PCC(Cc1ccccc1)Cc1ccccc1. The van der Waals surface area contributed by atoms with Crippen molar-refractivity contribution >= 4 is 9.24 Å². The molecule has 17 heavy (non-hydrogen) atoms. The van der Waals surface area contributed by atoms with E-state index in [9.17, 15) is 0 Å². The van der Waals surface area contributed by atoms with E-state index >= 15 is 0 Å². The molecule has 2 aromatic carbocycles. The van der Waals surface area contributed by atoms with E-state index in [0.29, 0.717) is 5.92 Å². The van der Waals surface area contributed by atoms with Crippen molar-refractivity contribution in [2.75, 3.05) is 6.16 Å². The van der Waals surface area contributed by atoms with Crippen molar-refractivity contribution in [3.8, 4) is 0 Å². The first-order chi connectivity index (χ1) is 8.38. The Labute approximate surface area is 106 Å². The van der Waals surface area contributed by atoms with Gasteiger partial charge in [0.05, 0.1) is 0 Å². The largest absolute Gasteiger partial charge is 0.137 e. The molecule has 0 aliphatic heterocycles. The summed E-state index contributed by atoms with van der Waals surface area (Å²) in [6.45, 7) is 0. The molecular weight excluding hydrogens is 223 g/mol. The van der Waals surface area contributed by atoms with Crippen LogP contribution >= 0.6 is 9.24 Å². The zero-order chi connectivity index (χ0) is 11.9. The average Bonchev–Trinajstić information content (AvgIpc) is 2.40. The fourth-order valence-electron chi connectivity index (χ4n) is 2.13. The fourth-order valence-corrected chi connectivity index (χ4v) is 2.47. The van der Waals surface area contributed by atoms with Crippen molar-refractivity contribution in [3.05, 3.63) is 71.8 Å². The van der Waals surface area contributed by atoms with Gasteiger partial charge in [-0.05, 0) is 36.0 Å². The molecule has 0 fully saturated rings. The van der Waals surface area contributed by atoms with Crippen LogP contribution in [0.4, 0.5) is 0 Å². The quantitative estimate of drug-likeness (QED) is 0.696. The molecule has 0 amide bonds. The van der Waals surface area contributed by atoms with Gasteiger partial charge in [0.1, 0.15) is 0 Å². The average molecular weight is 242 g/mol. The highest BCUT2D eigenvalue weighted by Gasteiger charge is 2.08. The minimum atomic E-state index is 0.713. The molecular formula is C16H19P. The van der Waals surface area contributed by atoms with Crippen molar-refractivity contribution in [2.24, 2.45) is 5.92 Å². The van der Waals surface area contributed by atoms with Gasteiger partial charge in [0, 0.05) is 0 Å². The van der Waals surface area contributed by atoms with Crippen LogP contribution in [0.3, 0.4) is 0 Å². The Morgan fingerprint density at radius 3 is 1.47 bits per heavy atom. The van der Waals surface area contributed by atoms with Crippen LogP contribution in [0.15, 0.2) is 60.7 Å². The summed E-state index contributed by atoms with van der Waals surface area (Å²) in [5.74, 6) is 0.713. The summed E-state index contributed by atoms with van der Waals surface area (Å²) < 4.78 is 0. The third kappa shape index (κ3) is 3.98. The van der Waals surface area contributed by atoms with Crippen LogP contribution in [0.25, 0.3) is 0 Å². The van der Waals surface area contributed by atoms with Gasteiger partial charge in [-0.1, -0.05) is 60.7 Å². The number of hydrogen-bond donors (Lipinski definition) is 0. The van der Waals surface area contributed by atoms with Gasteiger partial charge < -0.3 is 0 Å². The van der Waals surface area contributed by atoms with Crippen LogP contribution in [0.5, 0.6) is 0 Å². The van der Waals surface area contributed by atoms with E-state index in [0.717, 1.165) is 6.16 Å². The lowest BCUT2D eigenvalue weighted by Crippen LogP contribution is -2.09. The molecule has 88 valence electrons. The highest BCUT2D eigenvalue weighted by Crippen LogP contribution is 2.16. The first-order valence-electron chi connectivity index (χ1n) is 6.16. The van der Waals surface area contributed by atoms with E-state index in [1.807, 2.05) is 0 Å². The van der Waals surface area contributed by atoms with E-state index in [2.05, 4.69) is 69.9 Å². The van der Waals surface area contributed by atoms with E-state index in [-0.39, 0.29) is 0 Å². The molecule has 0 heterocycles. The molecule has 0 bridgehead atoms. The maximum Gasteiger partial charge on any atom is -0.0244 e. The van der Waals surface area contributed by atoms with E-state index < -0.39 is 0 Å². The molecule has 0 aliphatic carbocycles. The fraction of sp³-hybridized carbons (Fsp3) is 0.250. The van der Waals surface area contributed by atoms with E-state index in [1.54, 1.807) is 0 Å². The van der Waals surface area contributed by atoms with Crippen molar-refractivity contribution in [1.29, 1.82) is 0 Å². The second-order valence-electron chi connectivity index (χ2n) is 4.48.